The molecule has 29 heteroatoms. The molecule has 0 atom stereocenters. The van der Waals surface area contributed by atoms with Gasteiger partial charge >= 0.3 is 21.7 Å². The van der Waals surface area contributed by atoms with Crippen molar-refractivity contribution in [3.05, 3.63) is 107 Å². The Hall–Kier alpha value is 0.714. The minimum absolute atomic E-state index is 0. The van der Waals surface area contributed by atoms with Crippen molar-refractivity contribution in [2.24, 2.45) is 0 Å². The quantitative estimate of drug-likeness (QED) is 0.0174. The molecule has 4 aromatic rings. The SMILES string of the molecule is CCCCCCCCCCCCc1c(Cl)cc(S(=O)(=O)[O-])c(Cl)c1Cl.CCCCCCCCCCCCc1c(Cl)cc(S(=O)(=O)[O-])c(Cl)c1Cl.CCCCCCCCCCCCc1c(Cl)cc(S(=O)(=O)[O-])c(Cl)c1Cl.CCCCCCCCCCCCc1c(Cl)cc(S(=O)(=O)[O-])c(Cl)c1Cl.[Ti+4]. The van der Waals surface area contributed by atoms with Crippen LogP contribution in [0.3, 0.4) is 0 Å². The van der Waals surface area contributed by atoms with Crippen LogP contribution in [0.15, 0.2) is 43.8 Å². The number of benzene rings is 4. The van der Waals surface area contributed by atoms with Crippen molar-refractivity contribution in [3.8, 4) is 0 Å². The van der Waals surface area contributed by atoms with E-state index in [1.807, 2.05) is 0 Å². The van der Waals surface area contributed by atoms with Crippen LogP contribution in [-0.4, -0.2) is 51.9 Å². The summed E-state index contributed by atoms with van der Waals surface area (Å²) in [6, 6.07) is 4.40. The molecule has 0 aliphatic rings. The molecule has 0 radical (unpaired) electrons. The first-order chi connectivity index (χ1) is 47.1. The molecule has 0 spiro atoms. The molecule has 0 amide bonds. The largest absolute Gasteiger partial charge is 4.00 e. The van der Waals surface area contributed by atoms with Crippen LogP contribution in [-0.2, 0) is 87.9 Å². The Morgan fingerprint density at radius 1 is 0.218 bits per heavy atom. The third-order valence-electron chi connectivity index (χ3n) is 17.1. The van der Waals surface area contributed by atoms with Gasteiger partial charge in [-0.2, -0.15) is 0 Å². The maximum absolute atomic E-state index is 11.2. The van der Waals surface area contributed by atoms with E-state index < -0.39 is 60.1 Å². The van der Waals surface area contributed by atoms with Crippen LogP contribution in [0.5, 0.6) is 0 Å². The van der Waals surface area contributed by atoms with Crippen molar-refractivity contribution in [2.75, 3.05) is 0 Å². The van der Waals surface area contributed by atoms with Crippen LogP contribution in [0.4, 0.5) is 0 Å². The van der Waals surface area contributed by atoms with E-state index in [9.17, 15) is 51.9 Å². The number of halogens is 12. The fourth-order valence-electron chi connectivity index (χ4n) is 11.2. The minimum atomic E-state index is -4.69. The summed E-state index contributed by atoms with van der Waals surface area (Å²) in [7, 11) is -18.8. The van der Waals surface area contributed by atoms with Crippen molar-refractivity contribution in [1.82, 2.24) is 0 Å². The standard InChI is InChI=1S/4C18H27Cl3O3S.Ti/c4*1-2-3-4-5-6-7-8-9-10-11-12-14-15(19)13-16(25(22,23)24)18(21)17(14)20;/h4*13H,2-12H2,1H3,(H,22,23,24);/q;;;;+4/p-4. The molecule has 576 valence electrons. The van der Waals surface area contributed by atoms with Crippen molar-refractivity contribution in [1.29, 1.82) is 0 Å². The zero-order chi connectivity index (χ0) is 75.5. The Kier molecular flexibility index (Phi) is 57.3. The van der Waals surface area contributed by atoms with Gasteiger partial charge in [0.2, 0.25) is 0 Å². The zero-order valence-electron chi connectivity index (χ0n) is 59.0. The third-order valence-corrected chi connectivity index (χ3v) is 25.9. The number of hydrogen-bond acceptors (Lipinski definition) is 12. The maximum Gasteiger partial charge on any atom is 4.00 e. The first kappa shape index (κ1) is 102. The van der Waals surface area contributed by atoms with E-state index in [2.05, 4.69) is 27.7 Å². The average molecular weight is 1760 g/mol. The van der Waals surface area contributed by atoms with Gasteiger partial charge in [0.05, 0.1) is 59.8 Å². The molecule has 0 aromatic heterocycles. The topological polar surface area (TPSA) is 229 Å². The van der Waals surface area contributed by atoms with E-state index in [0.29, 0.717) is 47.9 Å². The molecule has 0 aliphatic carbocycles. The van der Waals surface area contributed by atoms with Gasteiger partial charge in [0, 0.05) is 20.1 Å². The van der Waals surface area contributed by atoms with Gasteiger partial charge in [-0.3, -0.25) is 0 Å². The summed E-state index contributed by atoms with van der Waals surface area (Å²) >= 11 is 72.5. The van der Waals surface area contributed by atoms with Crippen molar-refractivity contribution >= 4 is 180 Å². The van der Waals surface area contributed by atoms with Gasteiger partial charge in [0.25, 0.3) is 0 Å². The predicted molar refractivity (Wildman–Crippen MR) is 420 cm³/mol. The summed E-state index contributed by atoms with van der Waals surface area (Å²) in [6.45, 7) is 8.88. The van der Waals surface area contributed by atoms with Crippen LogP contribution in [0.25, 0.3) is 0 Å². The van der Waals surface area contributed by atoms with Gasteiger partial charge in [0.15, 0.2) is 0 Å². The summed E-state index contributed by atoms with van der Waals surface area (Å²) < 4.78 is 134. The molecule has 0 heterocycles. The van der Waals surface area contributed by atoms with E-state index in [-0.39, 0.29) is 82.0 Å². The first-order valence-electron chi connectivity index (χ1n) is 35.6. The molecule has 4 rings (SSSR count). The Morgan fingerprint density at radius 3 is 0.455 bits per heavy atom. The number of hydrogen-bond donors (Lipinski definition) is 0. The number of unbranched alkanes of at least 4 members (excludes halogenated alkanes) is 36. The van der Waals surface area contributed by atoms with E-state index in [1.54, 1.807) is 0 Å². The van der Waals surface area contributed by atoms with Gasteiger partial charge in [-0.05, 0) is 97.9 Å². The smallest absolute Gasteiger partial charge is 0.744 e. The van der Waals surface area contributed by atoms with Gasteiger partial charge in [0.1, 0.15) is 40.5 Å². The summed E-state index contributed by atoms with van der Waals surface area (Å²) in [5.74, 6) is 0. The monoisotopic (exact) mass is 1760 g/mol. The van der Waals surface area contributed by atoms with E-state index in [4.69, 9.17) is 139 Å². The molecule has 101 heavy (non-hydrogen) atoms. The second-order valence-electron chi connectivity index (χ2n) is 25.4. The van der Waals surface area contributed by atoms with Gasteiger partial charge < -0.3 is 18.2 Å². The van der Waals surface area contributed by atoms with Gasteiger partial charge in [-0.25, -0.2) is 33.7 Å². The molecule has 12 nitrogen and oxygen atoms in total. The normalized spacial score (nSPS) is 11.8. The predicted octanol–water partition coefficient (Wildman–Crippen LogP) is 28.1. The molecule has 0 bridgehead atoms. The fourth-order valence-corrected chi connectivity index (χ4v) is 18.4. The van der Waals surface area contributed by atoms with Crippen molar-refractivity contribution in [3.63, 3.8) is 0 Å². The summed E-state index contributed by atoms with van der Waals surface area (Å²) in [4.78, 5) is -2.24. The molecular formula is C72H104Cl12O12S4Ti. The van der Waals surface area contributed by atoms with Crippen LogP contribution in [0.2, 0.25) is 60.3 Å². The van der Waals surface area contributed by atoms with Gasteiger partial charge in [-0.15, -0.1) is 0 Å². The molecule has 0 N–H and O–H groups in total. The summed E-state index contributed by atoms with van der Waals surface area (Å²) in [5.41, 5.74) is 2.45. The van der Waals surface area contributed by atoms with Crippen molar-refractivity contribution < 1.29 is 73.6 Å². The van der Waals surface area contributed by atoms with E-state index in [1.165, 1.54) is 180 Å². The fraction of sp³-hybridized carbons (Fsp3) is 0.667. The van der Waals surface area contributed by atoms with Crippen LogP contribution >= 0.6 is 139 Å². The molecule has 0 aliphatic heterocycles. The summed E-state index contributed by atoms with van der Waals surface area (Å²) in [6.07, 6.45) is 51.2. The van der Waals surface area contributed by atoms with E-state index >= 15 is 0 Å². The van der Waals surface area contributed by atoms with Gasteiger partial charge in [-0.1, -0.05) is 398 Å². The minimum Gasteiger partial charge on any atom is -0.744 e. The Labute approximate surface area is 682 Å². The average Bonchev–Trinajstić information content (AvgIpc) is 0.820. The van der Waals surface area contributed by atoms with Crippen LogP contribution in [0, 0.1) is 0 Å². The molecule has 0 saturated heterocycles. The second kappa shape index (κ2) is 56.9. The molecular weight excluding hydrogens is 1660 g/mol. The Balaban J connectivity index is 0.00000132. The molecule has 4 aromatic carbocycles. The van der Waals surface area contributed by atoms with Crippen LogP contribution in [0.1, 0.15) is 307 Å². The Morgan fingerprint density at radius 2 is 0.337 bits per heavy atom. The first-order valence-corrected chi connectivity index (χ1v) is 45.8. The maximum atomic E-state index is 11.2. The summed E-state index contributed by atoms with van der Waals surface area (Å²) in [5, 5.41) is 0.0645. The Bertz CT molecular complexity index is 3040. The second-order valence-corrected chi connectivity index (χ2v) is 35.4. The van der Waals surface area contributed by atoms with E-state index in [0.717, 1.165) is 101 Å². The number of rotatable bonds is 48. The zero-order valence-corrected chi connectivity index (χ0v) is 72.9. The van der Waals surface area contributed by atoms with Crippen molar-refractivity contribution in [2.45, 2.75) is 330 Å². The third kappa shape index (κ3) is 42.1. The molecule has 0 saturated carbocycles. The molecule has 0 unspecified atom stereocenters. The van der Waals surface area contributed by atoms with Crippen LogP contribution < -0.4 is 0 Å². The molecule has 0 fully saturated rings.